The first-order chi connectivity index (χ1) is 14.8. The maximum Gasteiger partial charge on any atom is 0.341 e. The molecule has 3 aromatic rings. The smallest absolute Gasteiger partial charge is 0.341 e. The molecule has 0 aliphatic carbocycles. The average molecular weight is 462 g/mol. The van der Waals surface area contributed by atoms with Crippen molar-refractivity contribution in [1.82, 2.24) is 4.57 Å². The van der Waals surface area contributed by atoms with Crippen LogP contribution in [-0.2, 0) is 16.1 Å². The van der Waals surface area contributed by atoms with E-state index in [1.807, 2.05) is 6.07 Å². The van der Waals surface area contributed by atoms with E-state index in [1.165, 1.54) is 0 Å². The Hall–Kier alpha value is -3.50. The molecule has 31 heavy (non-hydrogen) atoms. The quantitative estimate of drug-likeness (QED) is 0.323. The number of pyridine rings is 1. The molecule has 0 spiro atoms. The molecule has 0 bridgehead atoms. The van der Waals surface area contributed by atoms with Crippen molar-refractivity contribution in [2.45, 2.75) is 13.5 Å². The van der Waals surface area contributed by atoms with Crippen LogP contribution in [0.2, 0.25) is 4.34 Å². The highest BCUT2D eigenvalue weighted by atomic mass is 35.5. The molecule has 0 saturated carbocycles. The van der Waals surface area contributed by atoms with Crippen LogP contribution in [0.15, 0.2) is 53.5 Å². The van der Waals surface area contributed by atoms with Crippen LogP contribution in [0.4, 0.5) is 10.7 Å². The molecule has 2 heterocycles. The van der Waals surface area contributed by atoms with Gasteiger partial charge in [0.1, 0.15) is 21.4 Å². The highest BCUT2D eigenvalue weighted by molar-refractivity contribution is 7.21. The Morgan fingerprint density at radius 1 is 1.23 bits per heavy atom. The molecule has 9 nitrogen and oxygen atoms in total. The lowest BCUT2D eigenvalue weighted by atomic mass is 10.0. The van der Waals surface area contributed by atoms with E-state index in [0.29, 0.717) is 11.1 Å². The van der Waals surface area contributed by atoms with Crippen LogP contribution in [-0.4, -0.2) is 28.0 Å². The lowest BCUT2D eigenvalue weighted by Crippen LogP contribution is -2.27. The molecular formula is C20H16ClN3O6S. The van der Waals surface area contributed by atoms with Crippen LogP contribution in [0.5, 0.6) is 0 Å². The van der Waals surface area contributed by atoms with Crippen LogP contribution < -0.4 is 10.9 Å². The fourth-order valence-electron chi connectivity index (χ4n) is 2.82. The van der Waals surface area contributed by atoms with E-state index < -0.39 is 28.9 Å². The summed E-state index contributed by atoms with van der Waals surface area (Å²) in [7, 11) is 0. The lowest BCUT2D eigenvalue weighted by Gasteiger charge is -2.09. The zero-order valence-electron chi connectivity index (χ0n) is 16.2. The highest BCUT2D eigenvalue weighted by Crippen LogP contribution is 2.43. The lowest BCUT2D eigenvalue weighted by molar-refractivity contribution is -0.385. The molecule has 1 N–H and O–H groups in total. The average Bonchev–Trinajstić information content (AvgIpc) is 3.05. The van der Waals surface area contributed by atoms with Gasteiger partial charge in [-0.25, -0.2) is 4.79 Å². The minimum absolute atomic E-state index is 0.0998. The maximum atomic E-state index is 12.6. The fourth-order valence-corrected chi connectivity index (χ4v) is 4.21. The van der Waals surface area contributed by atoms with Crippen LogP contribution in [0.1, 0.15) is 17.3 Å². The number of carbonyl (C=O) groups is 2. The Balaban J connectivity index is 1.95. The van der Waals surface area contributed by atoms with Gasteiger partial charge in [-0.3, -0.25) is 24.3 Å². The van der Waals surface area contributed by atoms with E-state index in [2.05, 4.69) is 5.32 Å². The third kappa shape index (κ3) is 4.98. The monoisotopic (exact) mass is 461 g/mol. The number of hydrogen-bond acceptors (Lipinski definition) is 7. The highest BCUT2D eigenvalue weighted by Gasteiger charge is 2.26. The number of thiophene rings is 1. The summed E-state index contributed by atoms with van der Waals surface area (Å²) in [4.78, 5) is 47.4. The van der Waals surface area contributed by atoms with Crippen molar-refractivity contribution < 1.29 is 19.2 Å². The Bertz CT molecular complexity index is 1210. The summed E-state index contributed by atoms with van der Waals surface area (Å²) >= 11 is 7.36. The van der Waals surface area contributed by atoms with Gasteiger partial charge in [0.2, 0.25) is 5.91 Å². The molecule has 1 amide bonds. The summed E-state index contributed by atoms with van der Waals surface area (Å²) in [6.07, 6.45) is 0.977. The number of esters is 1. The number of ether oxygens (including phenoxy) is 1. The van der Waals surface area contributed by atoms with E-state index in [9.17, 15) is 24.5 Å². The van der Waals surface area contributed by atoms with Crippen LogP contribution in [0.25, 0.3) is 11.1 Å². The van der Waals surface area contributed by atoms with Crippen molar-refractivity contribution in [2.75, 3.05) is 11.9 Å². The number of benzene rings is 1. The SMILES string of the molecule is CCOC(=O)c1c(NC(=O)Cn2cc([N+](=O)[O-])ccc2=O)sc(Cl)c1-c1ccccc1. The number of hydrogen-bond donors (Lipinski definition) is 1. The Kier molecular flexibility index (Phi) is 6.83. The second-order valence-corrected chi connectivity index (χ2v) is 7.82. The molecular weight excluding hydrogens is 446 g/mol. The van der Waals surface area contributed by atoms with E-state index >= 15 is 0 Å². The Labute approximate surface area is 185 Å². The van der Waals surface area contributed by atoms with Crippen molar-refractivity contribution in [3.8, 4) is 11.1 Å². The van der Waals surface area contributed by atoms with Crippen LogP contribution in [0.3, 0.4) is 0 Å². The predicted molar refractivity (Wildman–Crippen MR) is 117 cm³/mol. The first-order valence-electron chi connectivity index (χ1n) is 9.01. The van der Waals surface area contributed by atoms with Gasteiger partial charge in [-0.1, -0.05) is 41.9 Å². The van der Waals surface area contributed by atoms with Crippen molar-refractivity contribution >= 4 is 45.5 Å². The number of halogens is 1. The topological polar surface area (TPSA) is 121 Å². The molecule has 0 fully saturated rings. The minimum atomic E-state index is -0.669. The van der Waals surface area contributed by atoms with Crippen LogP contribution >= 0.6 is 22.9 Å². The van der Waals surface area contributed by atoms with Gasteiger partial charge in [0, 0.05) is 17.7 Å². The normalized spacial score (nSPS) is 10.5. The van der Waals surface area contributed by atoms with Gasteiger partial charge in [0.25, 0.3) is 11.2 Å². The standard InChI is InChI=1S/C20H16ClN3O6S/c1-2-30-20(27)17-16(12-6-4-3-5-7-12)18(21)31-19(17)22-14(25)11-23-10-13(24(28)29)8-9-15(23)26/h3-10H,2,11H2,1H3,(H,22,25). The molecule has 1 aromatic carbocycles. The van der Waals surface area contributed by atoms with Gasteiger partial charge in [-0.15, -0.1) is 11.3 Å². The summed E-state index contributed by atoms with van der Waals surface area (Å²) < 4.78 is 6.32. The molecule has 0 unspecified atom stereocenters. The van der Waals surface area contributed by atoms with E-state index in [-0.39, 0.29) is 27.2 Å². The summed E-state index contributed by atoms with van der Waals surface area (Å²) in [6.45, 7) is 1.29. The Morgan fingerprint density at radius 3 is 2.58 bits per heavy atom. The van der Waals surface area contributed by atoms with Gasteiger partial charge in [0.15, 0.2) is 0 Å². The largest absolute Gasteiger partial charge is 0.462 e. The zero-order valence-corrected chi connectivity index (χ0v) is 17.7. The predicted octanol–water partition coefficient (Wildman–Crippen LogP) is 3.95. The second-order valence-electron chi connectivity index (χ2n) is 6.20. The number of carbonyl (C=O) groups excluding carboxylic acids is 2. The van der Waals surface area contributed by atoms with E-state index in [4.69, 9.17) is 16.3 Å². The van der Waals surface area contributed by atoms with E-state index in [0.717, 1.165) is 34.2 Å². The molecule has 0 aliphatic rings. The molecule has 0 aliphatic heterocycles. The van der Waals surface area contributed by atoms with Crippen molar-refractivity contribution in [3.05, 3.63) is 79.0 Å². The zero-order chi connectivity index (χ0) is 22.5. The number of amides is 1. The minimum Gasteiger partial charge on any atom is -0.462 e. The summed E-state index contributed by atoms with van der Waals surface area (Å²) in [5.74, 6) is -1.32. The molecule has 0 saturated heterocycles. The summed E-state index contributed by atoms with van der Waals surface area (Å²) in [6, 6.07) is 11.0. The number of aromatic nitrogens is 1. The number of nitrogens with one attached hydrogen (secondary N) is 1. The molecule has 0 radical (unpaired) electrons. The van der Waals surface area contributed by atoms with Crippen molar-refractivity contribution in [1.29, 1.82) is 0 Å². The molecule has 0 atom stereocenters. The van der Waals surface area contributed by atoms with Gasteiger partial charge >= 0.3 is 5.97 Å². The Morgan fingerprint density at radius 2 is 1.94 bits per heavy atom. The molecule has 2 aromatic heterocycles. The van der Waals surface area contributed by atoms with Crippen LogP contribution in [0, 0.1) is 10.1 Å². The van der Waals surface area contributed by atoms with E-state index in [1.54, 1.807) is 31.2 Å². The summed E-state index contributed by atoms with van der Waals surface area (Å²) in [5, 5.41) is 13.7. The maximum absolute atomic E-state index is 12.6. The second kappa shape index (κ2) is 9.54. The number of rotatable bonds is 7. The molecule has 11 heteroatoms. The number of nitro groups is 1. The molecule has 160 valence electrons. The summed E-state index contributed by atoms with van der Waals surface area (Å²) in [5.41, 5.74) is 0.282. The van der Waals surface area contributed by atoms with Crippen molar-refractivity contribution in [2.24, 2.45) is 0 Å². The van der Waals surface area contributed by atoms with Crippen molar-refractivity contribution in [3.63, 3.8) is 0 Å². The van der Waals surface area contributed by atoms with Gasteiger partial charge < -0.3 is 10.1 Å². The van der Waals surface area contributed by atoms with Gasteiger partial charge in [-0.2, -0.15) is 0 Å². The van der Waals surface area contributed by atoms with Gasteiger partial charge in [-0.05, 0) is 12.5 Å². The number of anilines is 1. The van der Waals surface area contributed by atoms with Gasteiger partial charge in [0.05, 0.1) is 17.7 Å². The third-order valence-corrected chi connectivity index (χ3v) is 5.47. The first kappa shape index (κ1) is 22.2. The molecule has 3 rings (SSSR count). The first-order valence-corrected chi connectivity index (χ1v) is 10.2. The third-order valence-electron chi connectivity index (χ3n) is 4.15. The number of nitrogens with zero attached hydrogens (tertiary/aromatic N) is 2. The fraction of sp³-hybridized carbons (Fsp3) is 0.150.